The first-order chi connectivity index (χ1) is 8.62. The number of carbonyl (C=O) groups is 1. The van der Waals surface area contributed by atoms with Crippen LogP contribution in [0.4, 0.5) is 0 Å². The predicted molar refractivity (Wildman–Crippen MR) is 72.4 cm³/mol. The summed E-state index contributed by atoms with van der Waals surface area (Å²) in [5.41, 5.74) is 1.62. The molecule has 0 aliphatic rings. The third-order valence-corrected chi connectivity index (χ3v) is 2.86. The second-order valence-corrected chi connectivity index (χ2v) is 4.16. The molecule has 0 heterocycles. The van der Waals surface area contributed by atoms with Crippen LogP contribution in [-0.4, -0.2) is 25.2 Å². The number of hydrogen-bond donors (Lipinski definition) is 1. The second-order valence-electron chi connectivity index (χ2n) is 4.16. The number of nitrogens with one attached hydrogen (secondary N) is 1. The summed E-state index contributed by atoms with van der Waals surface area (Å²) in [6.45, 7) is 3.96. The van der Waals surface area contributed by atoms with Crippen molar-refractivity contribution in [3.05, 3.63) is 35.4 Å². The average Bonchev–Trinajstić information content (AvgIpc) is 2.39. The van der Waals surface area contributed by atoms with Crippen molar-refractivity contribution in [1.29, 1.82) is 0 Å². The number of hydrogen-bond acceptors (Lipinski definition) is 3. The molecule has 2 atom stereocenters. The van der Waals surface area contributed by atoms with E-state index in [-0.39, 0.29) is 12.0 Å². The average molecular weight is 245 g/mol. The summed E-state index contributed by atoms with van der Waals surface area (Å²) in [5, 5.41) is 3.05. The van der Waals surface area contributed by atoms with Gasteiger partial charge < -0.3 is 10.1 Å². The Bertz CT molecular complexity index is 427. The van der Waals surface area contributed by atoms with Crippen molar-refractivity contribution in [3.8, 4) is 12.3 Å². The maximum Gasteiger partial charge on any atom is 0.339 e. The maximum atomic E-state index is 11.9. The molecule has 1 N–H and O–H groups in total. The van der Waals surface area contributed by atoms with E-state index in [1.807, 2.05) is 26.0 Å². The highest BCUT2D eigenvalue weighted by molar-refractivity contribution is 5.89. The van der Waals surface area contributed by atoms with E-state index in [0.717, 1.165) is 12.0 Å². The lowest BCUT2D eigenvalue weighted by molar-refractivity contribution is 0.0343. The monoisotopic (exact) mass is 245 g/mol. The molecule has 0 radical (unpaired) electrons. The van der Waals surface area contributed by atoms with Crippen LogP contribution < -0.4 is 5.32 Å². The van der Waals surface area contributed by atoms with Crippen LogP contribution in [0.2, 0.25) is 0 Å². The van der Waals surface area contributed by atoms with Crippen molar-refractivity contribution in [3.63, 3.8) is 0 Å². The van der Waals surface area contributed by atoms with Crippen LogP contribution in [0.15, 0.2) is 24.3 Å². The number of ether oxygens (including phenoxy) is 1. The Hall–Kier alpha value is -1.79. The minimum absolute atomic E-state index is 0.0237. The van der Waals surface area contributed by atoms with Crippen molar-refractivity contribution in [2.75, 3.05) is 7.05 Å². The van der Waals surface area contributed by atoms with Gasteiger partial charge in [0.25, 0.3) is 0 Å². The summed E-state index contributed by atoms with van der Waals surface area (Å²) in [7, 11) is 1.80. The van der Waals surface area contributed by atoms with Crippen LogP contribution in [-0.2, 0) is 4.74 Å². The lowest BCUT2D eigenvalue weighted by Gasteiger charge is -2.21. The van der Waals surface area contributed by atoms with Gasteiger partial charge in [-0.1, -0.05) is 30.5 Å². The Labute approximate surface area is 109 Å². The van der Waals surface area contributed by atoms with Crippen LogP contribution in [0.1, 0.15) is 29.3 Å². The van der Waals surface area contributed by atoms with E-state index in [1.54, 1.807) is 19.2 Å². The molecule has 0 saturated carbocycles. The first-order valence-electron chi connectivity index (χ1n) is 6.03. The van der Waals surface area contributed by atoms with Crippen molar-refractivity contribution in [2.45, 2.75) is 32.4 Å². The molecule has 0 fully saturated rings. The molecule has 0 saturated heterocycles. The predicted octanol–water partition coefficient (Wildman–Crippen LogP) is 2.15. The van der Waals surface area contributed by atoms with Gasteiger partial charge in [-0.3, -0.25) is 0 Å². The van der Waals surface area contributed by atoms with E-state index >= 15 is 0 Å². The fourth-order valence-corrected chi connectivity index (χ4v) is 1.67. The minimum Gasteiger partial charge on any atom is -0.444 e. The Morgan fingerprint density at radius 3 is 2.50 bits per heavy atom. The molecule has 3 nitrogen and oxygen atoms in total. The summed E-state index contributed by atoms with van der Waals surface area (Å²) in [6, 6.07) is 7.20. The zero-order valence-corrected chi connectivity index (χ0v) is 11.1. The molecule has 0 spiro atoms. The maximum absolute atomic E-state index is 11.9. The molecule has 1 rings (SSSR count). The van der Waals surface area contributed by atoms with Crippen molar-refractivity contribution < 1.29 is 9.53 Å². The first kappa shape index (κ1) is 14.3. The van der Waals surface area contributed by atoms with Crippen molar-refractivity contribution in [1.82, 2.24) is 5.32 Å². The van der Waals surface area contributed by atoms with Crippen LogP contribution in [0.5, 0.6) is 0 Å². The normalized spacial score (nSPS) is 13.4. The number of carbonyl (C=O) groups excluding carboxylic acids is 1. The van der Waals surface area contributed by atoms with E-state index in [0.29, 0.717) is 5.56 Å². The van der Waals surface area contributed by atoms with E-state index < -0.39 is 6.10 Å². The molecule has 0 aliphatic heterocycles. The van der Waals surface area contributed by atoms with Crippen LogP contribution >= 0.6 is 0 Å². The molecule has 1 aromatic rings. The summed E-state index contributed by atoms with van der Waals surface area (Å²) in [5.74, 6) is 2.13. The summed E-state index contributed by atoms with van der Waals surface area (Å²) >= 11 is 0. The Morgan fingerprint density at radius 2 is 2.06 bits per heavy atom. The van der Waals surface area contributed by atoms with Gasteiger partial charge in [0.2, 0.25) is 0 Å². The lowest BCUT2D eigenvalue weighted by atomic mass is 10.1. The SMILES string of the molecule is C#CC(OC(=O)c1ccc(C)cc1)C(CC)NC. The van der Waals surface area contributed by atoms with Gasteiger partial charge in [-0.05, 0) is 32.5 Å². The number of likely N-dealkylation sites (N-methyl/N-ethyl adjacent to an activating group) is 1. The Morgan fingerprint density at radius 1 is 1.44 bits per heavy atom. The van der Waals surface area contributed by atoms with Crippen LogP contribution in [0, 0.1) is 19.3 Å². The Balaban J connectivity index is 2.74. The quantitative estimate of drug-likeness (QED) is 0.638. The topological polar surface area (TPSA) is 38.3 Å². The molecule has 0 amide bonds. The molecule has 3 heteroatoms. The largest absolute Gasteiger partial charge is 0.444 e. The number of rotatable bonds is 5. The van der Waals surface area contributed by atoms with Gasteiger partial charge in [0.15, 0.2) is 6.10 Å². The number of aryl methyl sites for hydroxylation is 1. The Kier molecular flexibility index (Phi) is 5.41. The van der Waals surface area contributed by atoms with E-state index in [9.17, 15) is 4.79 Å². The third kappa shape index (κ3) is 3.61. The highest BCUT2D eigenvalue weighted by atomic mass is 16.5. The fraction of sp³-hybridized carbons (Fsp3) is 0.400. The van der Waals surface area contributed by atoms with Crippen molar-refractivity contribution >= 4 is 5.97 Å². The zero-order valence-electron chi connectivity index (χ0n) is 11.1. The zero-order chi connectivity index (χ0) is 13.5. The molecular formula is C15H19NO2. The fourth-order valence-electron chi connectivity index (χ4n) is 1.67. The van der Waals surface area contributed by atoms with E-state index in [2.05, 4.69) is 11.2 Å². The van der Waals surface area contributed by atoms with Gasteiger partial charge >= 0.3 is 5.97 Å². The van der Waals surface area contributed by atoms with Gasteiger partial charge in [0, 0.05) is 0 Å². The van der Waals surface area contributed by atoms with Crippen molar-refractivity contribution in [2.24, 2.45) is 0 Å². The van der Waals surface area contributed by atoms with Gasteiger partial charge in [-0.2, -0.15) is 0 Å². The number of terminal acetylenes is 1. The summed E-state index contributed by atoms with van der Waals surface area (Å²) in [6.07, 6.45) is 5.66. The van der Waals surface area contributed by atoms with Gasteiger partial charge in [0.05, 0.1) is 11.6 Å². The number of esters is 1. The first-order valence-corrected chi connectivity index (χ1v) is 6.03. The highest BCUT2D eigenvalue weighted by Crippen LogP contribution is 2.09. The summed E-state index contributed by atoms with van der Waals surface area (Å²) in [4.78, 5) is 11.9. The molecule has 0 aromatic heterocycles. The molecule has 96 valence electrons. The lowest BCUT2D eigenvalue weighted by Crippen LogP contribution is -2.39. The summed E-state index contributed by atoms with van der Waals surface area (Å²) < 4.78 is 5.33. The number of benzene rings is 1. The molecular weight excluding hydrogens is 226 g/mol. The molecule has 1 aromatic carbocycles. The van der Waals surface area contributed by atoms with Gasteiger partial charge in [-0.25, -0.2) is 4.79 Å². The highest BCUT2D eigenvalue weighted by Gasteiger charge is 2.21. The van der Waals surface area contributed by atoms with Gasteiger partial charge in [0.1, 0.15) is 0 Å². The molecule has 18 heavy (non-hydrogen) atoms. The van der Waals surface area contributed by atoms with Gasteiger partial charge in [-0.15, -0.1) is 6.42 Å². The molecule has 0 bridgehead atoms. The van der Waals surface area contributed by atoms with E-state index in [4.69, 9.17) is 11.2 Å². The standard InChI is InChI=1S/C15H19NO2/c1-5-13(16-4)14(6-2)18-15(17)12-9-7-11(3)8-10-12/h2,7-10,13-14,16H,5H2,1,3-4H3. The minimum atomic E-state index is -0.547. The second kappa shape index (κ2) is 6.83. The third-order valence-electron chi connectivity index (χ3n) is 2.86. The van der Waals surface area contributed by atoms with Crippen LogP contribution in [0.3, 0.4) is 0 Å². The van der Waals surface area contributed by atoms with E-state index in [1.165, 1.54) is 0 Å². The smallest absolute Gasteiger partial charge is 0.339 e. The molecule has 2 unspecified atom stereocenters. The van der Waals surface area contributed by atoms with Crippen LogP contribution in [0.25, 0.3) is 0 Å². The molecule has 0 aliphatic carbocycles.